The van der Waals surface area contributed by atoms with E-state index in [9.17, 15) is 4.79 Å². The predicted molar refractivity (Wildman–Crippen MR) is 84.5 cm³/mol. The minimum atomic E-state index is -0.305. The Balaban J connectivity index is 1.55. The normalized spacial score (nSPS) is 14.1. The van der Waals surface area contributed by atoms with Gasteiger partial charge in [-0.3, -0.25) is 0 Å². The zero-order valence-corrected chi connectivity index (χ0v) is 13.0. The van der Waals surface area contributed by atoms with Crippen molar-refractivity contribution in [2.24, 2.45) is 5.92 Å². The van der Waals surface area contributed by atoms with E-state index >= 15 is 0 Å². The summed E-state index contributed by atoms with van der Waals surface area (Å²) in [6.07, 6.45) is 4.84. The third-order valence-electron chi connectivity index (χ3n) is 3.70. The Morgan fingerprint density at radius 1 is 1.33 bits per heavy atom. The third kappa shape index (κ3) is 3.91. The van der Waals surface area contributed by atoms with Crippen molar-refractivity contribution < 1.29 is 9.53 Å². The molecule has 3 nitrogen and oxygen atoms in total. The maximum Gasteiger partial charge on any atom is 0.357 e. The molecule has 0 bridgehead atoms. The van der Waals surface area contributed by atoms with Crippen LogP contribution in [0.25, 0.3) is 10.6 Å². The van der Waals surface area contributed by atoms with Gasteiger partial charge in [-0.2, -0.15) is 0 Å². The molecule has 1 saturated carbocycles. The molecule has 1 aliphatic carbocycles. The molecule has 0 amide bonds. The van der Waals surface area contributed by atoms with Gasteiger partial charge in [0.05, 0.1) is 6.61 Å². The van der Waals surface area contributed by atoms with Crippen LogP contribution in [-0.4, -0.2) is 17.6 Å². The maximum atomic E-state index is 11.9. The minimum Gasteiger partial charge on any atom is -0.461 e. The lowest BCUT2D eigenvalue weighted by atomic mass is 10.2. The van der Waals surface area contributed by atoms with E-state index < -0.39 is 0 Å². The molecule has 2 aromatic rings. The van der Waals surface area contributed by atoms with Gasteiger partial charge in [0, 0.05) is 10.9 Å². The van der Waals surface area contributed by atoms with Crippen LogP contribution in [-0.2, 0) is 4.74 Å². The van der Waals surface area contributed by atoms with Crippen molar-refractivity contribution in [2.45, 2.75) is 32.6 Å². The lowest BCUT2D eigenvalue weighted by Crippen LogP contribution is -2.07. The quantitative estimate of drug-likeness (QED) is 0.584. The van der Waals surface area contributed by atoms with E-state index in [0.29, 0.717) is 12.3 Å². The molecule has 110 valence electrons. The van der Waals surface area contributed by atoms with E-state index in [0.717, 1.165) is 22.9 Å². The highest BCUT2D eigenvalue weighted by Crippen LogP contribution is 2.33. The van der Waals surface area contributed by atoms with Gasteiger partial charge in [0.25, 0.3) is 0 Å². The highest BCUT2D eigenvalue weighted by Gasteiger charge is 2.20. The second-order valence-corrected chi connectivity index (χ2v) is 6.48. The van der Waals surface area contributed by atoms with Crippen LogP contribution in [0.2, 0.25) is 0 Å². The minimum absolute atomic E-state index is 0.305. The van der Waals surface area contributed by atoms with Gasteiger partial charge in [-0.1, -0.05) is 42.7 Å². The first-order valence-corrected chi connectivity index (χ1v) is 8.30. The molecule has 0 radical (unpaired) electrons. The SMILES string of the molecule is Cc1ccc(-c2nc(C(=O)OCCCC3CC3)cs2)cc1. The van der Waals surface area contributed by atoms with Crippen molar-refractivity contribution in [3.63, 3.8) is 0 Å². The molecule has 0 spiro atoms. The van der Waals surface area contributed by atoms with Crippen molar-refractivity contribution >= 4 is 17.3 Å². The number of aryl methyl sites for hydroxylation is 1. The summed E-state index contributed by atoms with van der Waals surface area (Å²) in [5, 5.41) is 2.64. The van der Waals surface area contributed by atoms with Crippen LogP contribution in [0.15, 0.2) is 29.6 Å². The standard InChI is InChI=1S/C17H19NO2S/c1-12-4-8-14(9-5-12)16-18-15(11-21-16)17(19)20-10-2-3-13-6-7-13/h4-5,8-9,11,13H,2-3,6-7,10H2,1H3. The van der Waals surface area contributed by atoms with Gasteiger partial charge in [0.2, 0.25) is 0 Å². The van der Waals surface area contributed by atoms with Gasteiger partial charge in [0.15, 0.2) is 5.69 Å². The van der Waals surface area contributed by atoms with Crippen LogP contribution >= 0.6 is 11.3 Å². The van der Waals surface area contributed by atoms with Crippen molar-refractivity contribution in [1.82, 2.24) is 4.98 Å². The molecule has 0 unspecified atom stereocenters. The van der Waals surface area contributed by atoms with Crippen molar-refractivity contribution in [1.29, 1.82) is 0 Å². The Morgan fingerprint density at radius 3 is 2.81 bits per heavy atom. The average molecular weight is 301 g/mol. The second-order valence-electron chi connectivity index (χ2n) is 5.63. The first kappa shape index (κ1) is 14.3. The number of hydrogen-bond acceptors (Lipinski definition) is 4. The molecule has 1 fully saturated rings. The molecular formula is C17H19NO2S. The number of aromatic nitrogens is 1. The topological polar surface area (TPSA) is 39.2 Å². The van der Waals surface area contributed by atoms with Crippen LogP contribution in [0.4, 0.5) is 0 Å². The molecule has 4 heteroatoms. The summed E-state index contributed by atoms with van der Waals surface area (Å²) in [5.74, 6) is 0.580. The van der Waals surface area contributed by atoms with E-state index in [1.54, 1.807) is 5.38 Å². The van der Waals surface area contributed by atoms with Crippen LogP contribution < -0.4 is 0 Å². The Morgan fingerprint density at radius 2 is 2.10 bits per heavy atom. The van der Waals surface area contributed by atoms with Gasteiger partial charge >= 0.3 is 5.97 Å². The number of nitrogens with zero attached hydrogens (tertiary/aromatic N) is 1. The summed E-state index contributed by atoms with van der Waals surface area (Å²) >= 11 is 1.48. The lowest BCUT2D eigenvalue weighted by Gasteiger charge is -2.02. The largest absolute Gasteiger partial charge is 0.461 e. The monoisotopic (exact) mass is 301 g/mol. The second kappa shape index (κ2) is 6.39. The van der Waals surface area contributed by atoms with Gasteiger partial charge in [-0.05, 0) is 25.7 Å². The third-order valence-corrected chi connectivity index (χ3v) is 4.59. The van der Waals surface area contributed by atoms with Gasteiger partial charge in [0.1, 0.15) is 5.01 Å². The molecule has 1 aromatic heterocycles. The number of benzene rings is 1. The van der Waals surface area contributed by atoms with E-state index in [4.69, 9.17) is 4.74 Å². The number of carbonyl (C=O) groups is 1. The molecule has 0 aliphatic heterocycles. The summed E-state index contributed by atoms with van der Waals surface area (Å²) in [6.45, 7) is 2.56. The zero-order valence-electron chi connectivity index (χ0n) is 12.2. The van der Waals surface area contributed by atoms with Gasteiger partial charge in [-0.15, -0.1) is 11.3 Å². The molecule has 0 N–H and O–H groups in total. The van der Waals surface area contributed by atoms with E-state index in [-0.39, 0.29) is 5.97 Å². The zero-order chi connectivity index (χ0) is 14.7. The van der Waals surface area contributed by atoms with E-state index in [1.165, 1.54) is 36.2 Å². The van der Waals surface area contributed by atoms with Crippen LogP contribution in [0.3, 0.4) is 0 Å². The fourth-order valence-electron chi connectivity index (χ4n) is 2.21. The molecule has 0 atom stereocenters. The average Bonchev–Trinajstić information content (AvgIpc) is 3.18. The van der Waals surface area contributed by atoms with Gasteiger partial charge in [-0.25, -0.2) is 9.78 Å². The van der Waals surface area contributed by atoms with E-state index in [2.05, 4.69) is 11.9 Å². The summed E-state index contributed by atoms with van der Waals surface area (Å²) in [5.41, 5.74) is 2.67. The van der Waals surface area contributed by atoms with Crippen molar-refractivity contribution in [2.75, 3.05) is 6.61 Å². The predicted octanol–water partition coefficient (Wildman–Crippen LogP) is 4.47. The summed E-state index contributed by atoms with van der Waals surface area (Å²) in [4.78, 5) is 16.3. The highest BCUT2D eigenvalue weighted by molar-refractivity contribution is 7.13. The molecule has 3 rings (SSSR count). The number of esters is 1. The number of thiazole rings is 1. The van der Waals surface area contributed by atoms with Crippen molar-refractivity contribution in [3.8, 4) is 10.6 Å². The highest BCUT2D eigenvalue weighted by atomic mass is 32.1. The van der Waals surface area contributed by atoms with Crippen LogP contribution in [0, 0.1) is 12.8 Å². The molecule has 1 heterocycles. The molecule has 0 saturated heterocycles. The first-order chi connectivity index (χ1) is 10.2. The van der Waals surface area contributed by atoms with Crippen molar-refractivity contribution in [3.05, 3.63) is 40.9 Å². The van der Waals surface area contributed by atoms with Gasteiger partial charge < -0.3 is 4.74 Å². The Labute approximate surface area is 129 Å². The molecule has 1 aromatic carbocycles. The van der Waals surface area contributed by atoms with E-state index in [1.807, 2.05) is 24.3 Å². The Hall–Kier alpha value is -1.68. The molecular weight excluding hydrogens is 282 g/mol. The fraction of sp³-hybridized carbons (Fsp3) is 0.412. The lowest BCUT2D eigenvalue weighted by molar-refractivity contribution is 0.0491. The van der Waals surface area contributed by atoms with Crippen LogP contribution in [0.5, 0.6) is 0 Å². The Kier molecular flexibility index (Phi) is 4.34. The summed E-state index contributed by atoms with van der Waals surface area (Å²) < 4.78 is 5.28. The smallest absolute Gasteiger partial charge is 0.357 e. The molecule has 21 heavy (non-hydrogen) atoms. The fourth-order valence-corrected chi connectivity index (χ4v) is 3.01. The number of carbonyl (C=O) groups excluding carboxylic acids is 1. The summed E-state index contributed by atoms with van der Waals surface area (Å²) in [6, 6.07) is 8.15. The Bertz CT molecular complexity index is 614. The molecule has 1 aliphatic rings. The first-order valence-electron chi connectivity index (χ1n) is 7.42. The number of hydrogen-bond donors (Lipinski definition) is 0. The number of ether oxygens (including phenoxy) is 1. The number of rotatable bonds is 6. The summed E-state index contributed by atoms with van der Waals surface area (Å²) in [7, 11) is 0. The maximum absolute atomic E-state index is 11.9. The van der Waals surface area contributed by atoms with Crippen LogP contribution in [0.1, 0.15) is 41.7 Å².